The Hall–Kier alpha value is -1.58. The molecule has 4 heteroatoms. The molecule has 80 valence electrons. The second-order valence-electron chi connectivity index (χ2n) is 4.06. The van der Waals surface area contributed by atoms with E-state index >= 15 is 0 Å². The highest BCUT2D eigenvalue weighted by Gasteiger charge is 2.09. The zero-order valence-corrected chi connectivity index (χ0v) is 9.24. The van der Waals surface area contributed by atoms with Crippen LogP contribution in [-0.2, 0) is 0 Å². The van der Waals surface area contributed by atoms with Gasteiger partial charge in [0.15, 0.2) is 0 Å². The van der Waals surface area contributed by atoms with Crippen LogP contribution in [0.15, 0.2) is 12.3 Å². The summed E-state index contributed by atoms with van der Waals surface area (Å²) in [7, 11) is 0. The van der Waals surface area contributed by atoms with Crippen molar-refractivity contribution in [1.82, 2.24) is 15.2 Å². The molecule has 0 radical (unpaired) electrons. The van der Waals surface area contributed by atoms with Gasteiger partial charge in [0, 0.05) is 11.9 Å². The molecule has 0 fully saturated rings. The summed E-state index contributed by atoms with van der Waals surface area (Å²) in [6.45, 7) is 6.88. The average molecular weight is 205 g/mol. The molecule has 15 heavy (non-hydrogen) atoms. The molecule has 0 aliphatic rings. The molecule has 0 unspecified atom stereocenters. The van der Waals surface area contributed by atoms with Crippen LogP contribution in [0.25, 0.3) is 10.9 Å². The Morgan fingerprint density at radius 1 is 1.47 bits per heavy atom. The molecule has 0 spiro atoms. The Bertz CT molecular complexity index is 462. The van der Waals surface area contributed by atoms with Crippen molar-refractivity contribution in [3.05, 3.63) is 18.0 Å². The summed E-state index contributed by atoms with van der Waals surface area (Å²) in [6, 6.07) is 1.88. The fourth-order valence-corrected chi connectivity index (χ4v) is 1.43. The molecular weight excluding hydrogens is 190 g/mol. The average Bonchev–Trinajstić information content (AvgIpc) is 2.58. The van der Waals surface area contributed by atoms with E-state index in [1.165, 1.54) is 0 Å². The lowest BCUT2D eigenvalue weighted by Crippen LogP contribution is -2.05. The maximum atomic E-state index is 5.65. The van der Waals surface area contributed by atoms with Crippen molar-refractivity contribution in [3.8, 4) is 5.88 Å². The third-order valence-corrected chi connectivity index (χ3v) is 2.17. The number of nitrogens with zero attached hydrogens (tertiary/aromatic N) is 2. The monoisotopic (exact) mass is 205 g/mol. The van der Waals surface area contributed by atoms with Crippen molar-refractivity contribution in [2.75, 3.05) is 6.61 Å². The van der Waals surface area contributed by atoms with Gasteiger partial charge in [-0.3, -0.25) is 5.10 Å². The third kappa shape index (κ3) is 1.93. The van der Waals surface area contributed by atoms with Crippen LogP contribution in [0.2, 0.25) is 0 Å². The van der Waals surface area contributed by atoms with Gasteiger partial charge in [-0.25, -0.2) is 4.98 Å². The van der Waals surface area contributed by atoms with Crippen molar-refractivity contribution in [3.63, 3.8) is 0 Å². The lowest BCUT2D eigenvalue weighted by Gasteiger charge is -2.08. The van der Waals surface area contributed by atoms with Gasteiger partial charge >= 0.3 is 0 Å². The molecule has 0 amide bonds. The van der Waals surface area contributed by atoms with Gasteiger partial charge in [-0.15, -0.1) is 0 Å². The van der Waals surface area contributed by atoms with Crippen LogP contribution in [0.3, 0.4) is 0 Å². The third-order valence-electron chi connectivity index (χ3n) is 2.17. The summed E-state index contributed by atoms with van der Waals surface area (Å²) in [5.41, 5.74) is 1.90. The van der Waals surface area contributed by atoms with Gasteiger partial charge in [-0.2, -0.15) is 5.10 Å². The number of H-pyrrole nitrogens is 1. The molecule has 0 saturated carbocycles. The summed E-state index contributed by atoms with van der Waals surface area (Å²) in [4.78, 5) is 4.23. The normalized spacial score (nSPS) is 11.2. The zero-order chi connectivity index (χ0) is 10.8. The molecule has 0 aliphatic carbocycles. The number of aromatic amines is 1. The van der Waals surface area contributed by atoms with Gasteiger partial charge in [0.2, 0.25) is 5.88 Å². The molecule has 2 aromatic rings. The lowest BCUT2D eigenvalue weighted by molar-refractivity contribution is 0.264. The number of fused-ring (bicyclic) bond motifs is 1. The Balaban J connectivity index is 2.37. The second kappa shape index (κ2) is 3.88. The lowest BCUT2D eigenvalue weighted by atomic mass is 10.2. The van der Waals surface area contributed by atoms with E-state index in [2.05, 4.69) is 29.0 Å². The first-order valence-electron chi connectivity index (χ1n) is 5.11. The molecule has 0 aliphatic heterocycles. The molecule has 0 bridgehead atoms. The van der Waals surface area contributed by atoms with E-state index in [1.807, 2.05) is 13.0 Å². The SMILES string of the molecule is Cc1[nH]nc2ccnc(OCC(C)C)c12. The predicted molar refractivity (Wildman–Crippen MR) is 59.0 cm³/mol. The van der Waals surface area contributed by atoms with Crippen molar-refractivity contribution >= 4 is 10.9 Å². The zero-order valence-electron chi connectivity index (χ0n) is 9.24. The van der Waals surface area contributed by atoms with Crippen LogP contribution < -0.4 is 4.74 Å². The highest BCUT2D eigenvalue weighted by Crippen LogP contribution is 2.24. The topological polar surface area (TPSA) is 50.8 Å². The summed E-state index contributed by atoms with van der Waals surface area (Å²) >= 11 is 0. The van der Waals surface area contributed by atoms with E-state index in [0.29, 0.717) is 18.4 Å². The van der Waals surface area contributed by atoms with Crippen LogP contribution in [0.4, 0.5) is 0 Å². The summed E-state index contributed by atoms with van der Waals surface area (Å²) < 4.78 is 5.65. The minimum absolute atomic E-state index is 0.495. The molecule has 4 nitrogen and oxygen atoms in total. The van der Waals surface area contributed by atoms with Gasteiger partial charge in [-0.1, -0.05) is 13.8 Å². The Labute approximate surface area is 88.7 Å². The Morgan fingerprint density at radius 3 is 3.00 bits per heavy atom. The van der Waals surface area contributed by atoms with E-state index in [-0.39, 0.29) is 0 Å². The fraction of sp³-hybridized carbons (Fsp3) is 0.455. The van der Waals surface area contributed by atoms with Crippen LogP contribution in [0.5, 0.6) is 5.88 Å². The van der Waals surface area contributed by atoms with Crippen molar-refractivity contribution in [2.45, 2.75) is 20.8 Å². The summed E-state index contributed by atoms with van der Waals surface area (Å²) in [6.07, 6.45) is 1.72. The minimum atomic E-state index is 0.495. The molecule has 2 rings (SSSR count). The molecule has 1 N–H and O–H groups in total. The second-order valence-corrected chi connectivity index (χ2v) is 4.06. The molecule has 0 saturated heterocycles. The number of pyridine rings is 1. The van der Waals surface area contributed by atoms with Gasteiger partial charge < -0.3 is 4.74 Å². The van der Waals surface area contributed by atoms with Crippen molar-refractivity contribution in [1.29, 1.82) is 0 Å². The molecule has 0 atom stereocenters. The van der Waals surface area contributed by atoms with Gasteiger partial charge in [0.1, 0.15) is 0 Å². The number of aryl methyl sites for hydroxylation is 1. The number of hydrogen-bond acceptors (Lipinski definition) is 3. The Kier molecular flexibility index (Phi) is 2.58. The first-order valence-corrected chi connectivity index (χ1v) is 5.11. The maximum absolute atomic E-state index is 5.65. The first-order chi connectivity index (χ1) is 7.18. The van der Waals surface area contributed by atoms with E-state index in [4.69, 9.17) is 4.74 Å². The van der Waals surface area contributed by atoms with Crippen molar-refractivity contribution < 1.29 is 4.74 Å². The van der Waals surface area contributed by atoms with E-state index in [0.717, 1.165) is 16.6 Å². The highest BCUT2D eigenvalue weighted by atomic mass is 16.5. The quantitative estimate of drug-likeness (QED) is 0.836. The first kappa shape index (κ1) is 9.96. The highest BCUT2D eigenvalue weighted by molar-refractivity contribution is 5.85. The minimum Gasteiger partial charge on any atom is -0.477 e. The smallest absolute Gasteiger partial charge is 0.224 e. The molecular formula is C11H15N3O. The number of ether oxygens (including phenoxy) is 1. The van der Waals surface area contributed by atoms with E-state index in [9.17, 15) is 0 Å². The van der Waals surface area contributed by atoms with Gasteiger partial charge in [0.25, 0.3) is 0 Å². The summed E-state index contributed by atoms with van der Waals surface area (Å²) in [5.74, 6) is 1.17. The predicted octanol–water partition coefficient (Wildman–Crippen LogP) is 2.30. The number of rotatable bonds is 3. The van der Waals surface area contributed by atoms with Gasteiger partial charge in [-0.05, 0) is 18.9 Å². The van der Waals surface area contributed by atoms with Crippen molar-refractivity contribution in [2.24, 2.45) is 5.92 Å². The maximum Gasteiger partial charge on any atom is 0.224 e. The molecule has 0 aromatic carbocycles. The van der Waals surface area contributed by atoms with Crippen LogP contribution in [-0.4, -0.2) is 21.8 Å². The van der Waals surface area contributed by atoms with E-state index < -0.39 is 0 Å². The molecule has 2 heterocycles. The van der Waals surface area contributed by atoms with E-state index in [1.54, 1.807) is 6.20 Å². The van der Waals surface area contributed by atoms with Gasteiger partial charge in [0.05, 0.1) is 17.5 Å². The van der Waals surface area contributed by atoms with Crippen LogP contribution in [0, 0.1) is 12.8 Å². The fourth-order valence-electron chi connectivity index (χ4n) is 1.43. The number of aromatic nitrogens is 3. The molecule has 2 aromatic heterocycles. The number of hydrogen-bond donors (Lipinski definition) is 1. The Morgan fingerprint density at radius 2 is 2.27 bits per heavy atom. The van der Waals surface area contributed by atoms with Crippen LogP contribution >= 0.6 is 0 Å². The van der Waals surface area contributed by atoms with Crippen LogP contribution in [0.1, 0.15) is 19.5 Å². The standard InChI is InChI=1S/C11H15N3O/c1-7(2)6-15-11-10-8(3)13-14-9(10)4-5-12-11/h4-5,7H,6H2,1-3H3,(H,13,14). The summed E-state index contributed by atoms with van der Waals surface area (Å²) in [5, 5.41) is 8.08. The number of nitrogens with one attached hydrogen (secondary N) is 1. The largest absolute Gasteiger partial charge is 0.477 e.